The van der Waals surface area contributed by atoms with Crippen molar-refractivity contribution in [3.05, 3.63) is 12.7 Å². The second kappa shape index (κ2) is 6.50. The van der Waals surface area contributed by atoms with Crippen molar-refractivity contribution in [3.63, 3.8) is 0 Å². The van der Waals surface area contributed by atoms with Gasteiger partial charge in [0.05, 0.1) is 18.8 Å². The highest BCUT2D eigenvalue weighted by Gasteiger charge is 2.23. The summed E-state index contributed by atoms with van der Waals surface area (Å²) in [5.74, 6) is 0. The zero-order valence-electron chi connectivity index (χ0n) is 10.3. The SMILES string of the molecule is C=C[C@@H](OC)[C@H](CO)NC(=O)OC(C)(C)C. The Morgan fingerprint density at radius 3 is 2.44 bits per heavy atom. The quantitative estimate of drug-likeness (QED) is 0.695. The number of ether oxygens (including phenoxy) is 2. The van der Waals surface area contributed by atoms with Gasteiger partial charge in [0.2, 0.25) is 0 Å². The van der Waals surface area contributed by atoms with Crippen molar-refractivity contribution >= 4 is 6.09 Å². The van der Waals surface area contributed by atoms with Crippen LogP contribution in [0.3, 0.4) is 0 Å². The van der Waals surface area contributed by atoms with E-state index >= 15 is 0 Å². The highest BCUT2D eigenvalue weighted by Crippen LogP contribution is 2.08. The molecule has 0 radical (unpaired) electrons. The molecule has 0 aromatic carbocycles. The molecule has 0 aromatic heterocycles. The van der Waals surface area contributed by atoms with E-state index in [9.17, 15) is 4.79 Å². The molecule has 1 amide bonds. The van der Waals surface area contributed by atoms with E-state index in [-0.39, 0.29) is 6.61 Å². The molecule has 94 valence electrons. The van der Waals surface area contributed by atoms with Crippen LogP contribution in [0.15, 0.2) is 12.7 Å². The summed E-state index contributed by atoms with van der Waals surface area (Å²) < 4.78 is 10.1. The Morgan fingerprint density at radius 1 is 1.56 bits per heavy atom. The Labute approximate surface area is 96.4 Å². The number of carbonyl (C=O) groups is 1. The number of aliphatic hydroxyl groups is 1. The number of carbonyl (C=O) groups excluding carboxylic acids is 1. The van der Waals surface area contributed by atoms with Crippen molar-refractivity contribution in [3.8, 4) is 0 Å². The summed E-state index contributed by atoms with van der Waals surface area (Å²) in [4.78, 5) is 11.4. The summed E-state index contributed by atoms with van der Waals surface area (Å²) in [6.45, 7) is 8.61. The fourth-order valence-corrected chi connectivity index (χ4v) is 1.12. The first-order valence-electron chi connectivity index (χ1n) is 5.09. The predicted molar refractivity (Wildman–Crippen MR) is 61.2 cm³/mol. The second-order valence-corrected chi connectivity index (χ2v) is 4.37. The van der Waals surface area contributed by atoms with Crippen molar-refractivity contribution in [2.24, 2.45) is 0 Å². The molecule has 0 saturated heterocycles. The van der Waals surface area contributed by atoms with E-state index in [1.807, 2.05) is 0 Å². The van der Waals surface area contributed by atoms with Gasteiger partial charge in [0.25, 0.3) is 0 Å². The van der Waals surface area contributed by atoms with Gasteiger partial charge in [-0.25, -0.2) is 4.79 Å². The summed E-state index contributed by atoms with van der Waals surface area (Å²) in [5, 5.41) is 11.6. The van der Waals surface area contributed by atoms with Gasteiger partial charge in [-0.15, -0.1) is 6.58 Å². The van der Waals surface area contributed by atoms with Gasteiger partial charge < -0.3 is 19.9 Å². The van der Waals surface area contributed by atoms with Gasteiger partial charge in [0.1, 0.15) is 5.60 Å². The number of methoxy groups -OCH3 is 1. The van der Waals surface area contributed by atoms with Crippen LogP contribution in [0.1, 0.15) is 20.8 Å². The van der Waals surface area contributed by atoms with Crippen LogP contribution in [-0.4, -0.2) is 42.7 Å². The Bertz CT molecular complexity index is 235. The van der Waals surface area contributed by atoms with Crippen molar-refractivity contribution in [2.75, 3.05) is 13.7 Å². The van der Waals surface area contributed by atoms with Gasteiger partial charge in [-0.1, -0.05) is 6.08 Å². The van der Waals surface area contributed by atoms with Crippen molar-refractivity contribution in [1.82, 2.24) is 5.32 Å². The van der Waals surface area contributed by atoms with Crippen LogP contribution < -0.4 is 5.32 Å². The van der Waals surface area contributed by atoms with E-state index < -0.39 is 23.8 Å². The van der Waals surface area contributed by atoms with Gasteiger partial charge >= 0.3 is 6.09 Å². The van der Waals surface area contributed by atoms with Crippen LogP contribution in [0.5, 0.6) is 0 Å². The first-order chi connectivity index (χ1) is 7.34. The fraction of sp³-hybridized carbons (Fsp3) is 0.727. The van der Waals surface area contributed by atoms with E-state index in [2.05, 4.69) is 11.9 Å². The van der Waals surface area contributed by atoms with Crippen LogP contribution >= 0.6 is 0 Å². The Kier molecular flexibility index (Phi) is 6.06. The maximum absolute atomic E-state index is 11.4. The predicted octanol–water partition coefficient (Wildman–Crippen LogP) is 1.07. The van der Waals surface area contributed by atoms with Crippen LogP contribution in [0.4, 0.5) is 4.79 Å². The van der Waals surface area contributed by atoms with Gasteiger partial charge in [0, 0.05) is 7.11 Å². The molecule has 0 heterocycles. The smallest absolute Gasteiger partial charge is 0.408 e. The lowest BCUT2D eigenvalue weighted by atomic mass is 10.1. The third-order valence-corrected chi connectivity index (χ3v) is 1.80. The molecule has 0 aromatic rings. The molecule has 0 aliphatic rings. The lowest BCUT2D eigenvalue weighted by molar-refractivity contribution is 0.0342. The number of hydrogen-bond acceptors (Lipinski definition) is 4. The average Bonchev–Trinajstić information content (AvgIpc) is 2.15. The largest absolute Gasteiger partial charge is 0.444 e. The molecular weight excluding hydrogens is 210 g/mol. The minimum Gasteiger partial charge on any atom is -0.444 e. The molecule has 0 fully saturated rings. The number of rotatable bonds is 5. The Hall–Kier alpha value is -1.07. The lowest BCUT2D eigenvalue weighted by Crippen LogP contribution is -2.47. The molecule has 0 aliphatic heterocycles. The van der Waals surface area contributed by atoms with E-state index in [4.69, 9.17) is 14.6 Å². The summed E-state index contributed by atoms with van der Waals surface area (Å²) >= 11 is 0. The van der Waals surface area contributed by atoms with Gasteiger partial charge in [-0.05, 0) is 20.8 Å². The molecule has 0 rings (SSSR count). The maximum atomic E-state index is 11.4. The van der Waals surface area contributed by atoms with Crippen LogP contribution in [0.2, 0.25) is 0 Å². The summed E-state index contributed by atoms with van der Waals surface area (Å²) in [6.07, 6.45) is 0.478. The van der Waals surface area contributed by atoms with Gasteiger partial charge in [-0.2, -0.15) is 0 Å². The minimum absolute atomic E-state index is 0.246. The highest BCUT2D eigenvalue weighted by molar-refractivity contribution is 5.68. The molecule has 16 heavy (non-hydrogen) atoms. The highest BCUT2D eigenvalue weighted by atomic mass is 16.6. The normalized spacial score (nSPS) is 15.1. The molecule has 0 spiro atoms. The zero-order chi connectivity index (χ0) is 12.8. The third kappa shape index (κ3) is 5.72. The maximum Gasteiger partial charge on any atom is 0.408 e. The number of nitrogens with one attached hydrogen (secondary N) is 1. The van der Waals surface area contributed by atoms with E-state index in [1.165, 1.54) is 13.2 Å². The lowest BCUT2D eigenvalue weighted by Gasteiger charge is -2.25. The molecule has 0 unspecified atom stereocenters. The Morgan fingerprint density at radius 2 is 2.12 bits per heavy atom. The number of amides is 1. The number of alkyl carbamates (subject to hydrolysis) is 1. The zero-order valence-corrected chi connectivity index (χ0v) is 10.3. The van der Waals surface area contributed by atoms with Gasteiger partial charge in [0.15, 0.2) is 0 Å². The van der Waals surface area contributed by atoms with Crippen LogP contribution in [-0.2, 0) is 9.47 Å². The van der Waals surface area contributed by atoms with E-state index in [1.54, 1.807) is 20.8 Å². The van der Waals surface area contributed by atoms with E-state index in [0.717, 1.165) is 0 Å². The van der Waals surface area contributed by atoms with Crippen molar-refractivity contribution in [2.45, 2.75) is 38.5 Å². The summed E-state index contributed by atoms with van der Waals surface area (Å²) in [7, 11) is 1.48. The van der Waals surface area contributed by atoms with Crippen LogP contribution in [0.25, 0.3) is 0 Å². The molecule has 0 aliphatic carbocycles. The first-order valence-corrected chi connectivity index (χ1v) is 5.09. The fourth-order valence-electron chi connectivity index (χ4n) is 1.12. The number of aliphatic hydroxyl groups excluding tert-OH is 1. The minimum atomic E-state index is -0.588. The molecule has 5 heteroatoms. The third-order valence-electron chi connectivity index (χ3n) is 1.80. The monoisotopic (exact) mass is 231 g/mol. The average molecular weight is 231 g/mol. The van der Waals surface area contributed by atoms with E-state index in [0.29, 0.717) is 0 Å². The molecule has 5 nitrogen and oxygen atoms in total. The number of hydrogen-bond donors (Lipinski definition) is 2. The standard InChI is InChI=1S/C11H21NO4/c1-6-9(15-5)8(7-13)12-10(14)16-11(2,3)4/h6,8-9,13H,1,7H2,2-5H3,(H,12,14)/t8-,9+/m0/s1. The van der Waals surface area contributed by atoms with Crippen molar-refractivity contribution < 1.29 is 19.4 Å². The Balaban J connectivity index is 4.32. The molecule has 2 atom stereocenters. The second-order valence-electron chi connectivity index (χ2n) is 4.37. The first kappa shape index (κ1) is 14.9. The summed E-state index contributed by atoms with van der Waals surface area (Å²) in [5.41, 5.74) is -0.569. The molecule has 0 bridgehead atoms. The van der Waals surface area contributed by atoms with Gasteiger partial charge in [-0.3, -0.25) is 0 Å². The van der Waals surface area contributed by atoms with Crippen LogP contribution in [0, 0.1) is 0 Å². The topological polar surface area (TPSA) is 67.8 Å². The van der Waals surface area contributed by atoms with Crippen molar-refractivity contribution in [1.29, 1.82) is 0 Å². The molecular formula is C11H21NO4. The molecule has 0 saturated carbocycles. The summed E-state index contributed by atoms with van der Waals surface area (Å²) in [6, 6.07) is -0.558. The molecule has 2 N–H and O–H groups in total.